The van der Waals surface area contributed by atoms with Gasteiger partial charge in [0, 0.05) is 10.0 Å². The third-order valence-electron chi connectivity index (χ3n) is 2.67. The number of halogens is 3. The Hall–Kier alpha value is -2.31. The molecule has 22 heavy (non-hydrogen) atoms. The molecular weight excluding hydrogens is 334 g/mol. The van der Waals surface area contributed by atoms with Gasteiger partial charge in [0.1, 0.15) is 11.6 Å². The van der Waals surface area contributed by atoms with Crippen molar-refractivity contribution >= 4 is 35.0 Å². The van der Waals surface area contributed by atoms with Gasteiger partial charge in [-0.1, -0.05) is 23.2 Å². The highest BCUT2D eigenvalue weighted by Gasteiger charge is 2.15. The van der Waals surface area contributed by atoms with E-state index in [1.807, 2.05) is 5.43 Å². The molecule has 0 aromatic heterocycles. The van der Waals surface area contributed by atoms with Gasteiger partial charge in [-0.3, -0.25) is 20.4 Å². The highest BCUT2D eigenvalue weighted by atomic mass is 35.5. The lowest BCUT2D eigenvalue weighted by molar-refractivity contribution is 0.0842. The maximum absolute atomic E-state index is 13.5. The van der Waals surface area contributed by atoms with Crippen LogP contribution in [0.15, 0.2) is 36.4 Å². The lowest BCUT2D eigenvalue weighted by Gasteiger charge is -2.09. The summed E-state index contributed by atoms with van der Waals surface area (Å²) in [6, 6.07) is 7.34. The van der Waals surface area contributed by atoms with Crippen molar-refractivity contribution < 1.29 is 19.1 Å². The first-order chi connectivity index (χ1) is 10.4. The van der Waals surface area contributed by atoms with Gasteiger partial charge in [0.2, 0.25) is 0 Å². The van der Waals surface area contributed by atoms with E-state index in [1.54, 1.807) is 0 Å². The minimum absolute atomic E-state index is 0.135. The number of phenolic OH excluding ortho intramolecular Hbond substituents is 1. The van der Waals surface area contributed by atoms with E-state index in [0.29, 0.717) is 0 Å². The van der Waals surface area contributed by atoms with E-state index >= 15 is 0 Å². The Morgan fingerprint density at radius 2 is 1.45 bits per heavy atom. The van der Waals surface area contributed by atoms with Crippen LogP contribution in [0.25, 0.3) is 0 Å². The smallest absolute Gasteiger partial charge is 0.273 e. The summed E-state index contributed by atoms with van der Waals surface area (Å²) in [4.78, 5) is 23.6. The molecule has 0 aliphatic carbocycles. The number of carbonyl (C=O) groups excluding carboxylic acids is 2. The molecule has 0 heterocycles. The highest BCUT2D eigenvalue weighted by Crippen LogP contribution is 2.21. The van der Waals surface area contributed by atoms with E-state index in [1.165, 1.54) is 30.3 Å². The number of amides is 2. The van der Waals surface area contributed by atoms with Gasteiger partial charge < -0.3 is 5.11 Å². The molecule has 2 amide bonds. The highest BCUT2D eigenvalue weighted by molar-refractivity contribution is 6.31. The van der Waals surface area contributed by atoms with Crippen molar-refractivity contribution in [2.24, 2.45) is 0 Å². The third kappa shape index (κ3) is 3.66. The van der Waals surface area contributed by atoms with E-state index in [2.05, 4.69) is 5.43 Å². The Morgan fingerprint density at radius 1 is 0.909 bits per heavy atom. The normalized spacial score (nSPS) is 10.1. The molecule has 2 aromatic rings. The van der Waals surface area contributed by atoms with Crippen LogP contribution in [0.2, 0.25) is 10.0 Å². The SMILES string of the molecule is O=C(NNC(=O)c1ccc(Cl)cc1F)c1cc(Cl)ccc1O. The van der Waals surface area contributed by atoms with E-state index in [0.717, 1.165) is 6.07 Å². The van der Waals surface area contributed by atoms with Crippen molar-refractivity contribution in [1.29, 1.82) is 0 Å². The molecule has 0 radical (unpaired) electrons. The topological polar surface area (TPSA) is 78.4 Å². The molecule has 0 atom stereocenters. The number of aromatic hydroxyl groups is 1. The number of phenols is 1. The second kappa shape index (κ2) is 6.64. The second-order valence-corrected chi connectivity index (χ2v) is 5.07. The zero-order chi connectivity index (χ0) is 16.3. The van der Waals surface area contributed by atoms with Crippen LogP contribution < -0.4 is 10.9 Å². The van der Waals surface area contributed by atoms with Crippen LogP contribution in [-0.2, 0) is 0 Å². The summed E-state index contributed by atoms with van der Waals surface area (Å²) in [7, 11) is 0. The maximum Gasteiger partial charge on any atom is 0.273 e. The van der Waals surface area contributed by atoms with Crippen LogP contribution in [0.5, 0.6) is 5.75 Å². The van der Waals surface area contributed by atoms with Crippen LogP contribution in [0, 0.1) is 5.82 Å². The Kier molecular flexibility index (Phi) is 4.85. The van der Waals surface area contributed by atoms with Gasteiger partial charge in [-0.2, -0.15) is 0 Å². The molecule has 5 nitrogen and oxygen atoms in total. The standard InChI is InChI=1S/C14H9Cl2FN2O3/c15-7-2-4-12(20)10(5-7)14(22)19-18-13(21)9-3-1-8(16)6-11(9)17/h1-6,20H,(H,18,21)(H,19,22). The zero-order valence-electron chi connectivity index (χ0n) is 10.9. The molecule has 3 N–H and O–H groups in total. The Morgan fingerprint density at radius 3 is 2.09 bits per heavy atom. The van der Waals surface area contributed by atoms with Gasteiger partial charge in [0.25, 0.3) is 11.8 Å². The first-order valence-corrected chi connectivity index (χ1v) is 6.68. The average Bonchev–Trinajstić information content (AvgIpc) is 2.47. The minimum atomic E-state index is -0.871. The molecule has 0 aliphatic rings. The minimum Gasteiger partial charge on any atom is -0.507 e. The summed E-state index contributed by atoms with van der Waals surface area (Å²) in [5.41, 5.74) is 3.65. The molecule has 2 rings (SSSR count). The average molecular weight is 343 g/mol. The van der Waals surface area contributed by atoms with Crippen molar-refractivity contribution in [3.05, 3.63) is 63.4 Å². The molecule has 8 heteroatoms. The van der Waals surface area contributed by atoms with Crippen LogP contribution in [0.1, 0.15) is 20.7 Å². The number of nitrogens with one attached hydrogen (secondary N) is 2. The molecule has 0 bridgehead atoms. The van der Waals surface area contributed by atoms with Gasteiger partial charge >= 0.3 is 0 Å². The maximum atomic E-state index is 13.5. The lowest BCUT2D eigenvalue weighted by Crippen LogP contribution is -2.42. The number of hydrazine groups is 1. The first kappa shape index (κ1) is 16.1. The van der Waals surface area contributed by atoms with Crippen LogP contribution in [0.4, 0.5) is 4.39 Å². The molecule has 0 saturated carbocycles. The third-order valence-corrected chi connectivity index (χ3v) is 3.14. The fourth-order valence-electron chi connectivity index (χ4n) is 1.61. The zero-order valence-corrected chi connectivity index (χ0v) is 12.4. The summed E-state index contributed by atoms with van der Waals surface area (Å²) >= 11 is 11.3. The lowest BCUT2D eigenvalue weighted by atomic mass is 10.2. The van der Waals surface area contributed by atoms with Crippen LogP contribution in [0.3, 0.4) is 0 Å². The van der Waals surface area contributed by atoms with Crippen molar-refractivity contribution in [3.63, 3.8) is 0 Å². The fourth-order valence-corrected chi connectivity index (χ4v) is 1.94. The van der Waals surface area contributed by atoms with Crippen molar-refractivity contribution in [2.45, 2.75) is 0 Å². The molecule has 114 valence electrons. The summed E-state index contributed by atoms with van der Waals surface area (Å²) < 4.78 is 13.5. The van der Waals surface area contributed by atoms with Crippen LogP contribution in [-0.4, -0.2) is 16.9 Å². The second-order valence-electron chi connectivity index (χ2n) is 4.19. The van der Waals surface area contributed by atoms with E-state index < -0.39 is 17.6 Å². The fraction of sp³-hybridized carbons (Fsp3) is 0. The number of hydrogen-bond donors (Lipinski definition) is 3. The van der Waals surface area contributed by atoms with Crippen molar-refractivity contribution in [2.75, 3.05) is 0 Å². The van der Waals surface area contributed by atoms with E-state index in [4.69, 9.17) is 23.2 Å². The van der Waals surface area contributed by atoms with Crippen LogP contribution >= 0.6 is 23.2 Å². The molecule has 0 aliphatic heterocycles. The molecule has 0 fully saturated rings. The largest absolute Gasteiger partial charge is 0.507 e. The van der Waals surface area contributed by atoms with Gasteiger partial charge in [-0.25, -0.2) is 4.39 Å². The summed E-state index contributed by atoms with van der Waals surface area (Å²) in [5.74, 6) is -2.81. The predicted octanol–water partition coefficient (Wildman–Crippen LogP) is 2.91. The monoisotopic (exact) mass is 342 g/mol. The quantitative estimate of drug-likeness (QED) is 0.734. The molecule has 0 saturated heterocycles. The summed E-state index contributed by atoms with van der Waals surface area (Å²) in [6.45, 7) is 0. The Balaban J connectivity index is 2.07. The summed E-state index contributed by atoms with van der Waals surface area (Å²) in [6.07, 6.45) is 0. The number of hydrogen-bond acceptors (Lipinski definition) is 3. The Bertz CT molecular complexity index is 753. The van der Waals surface area contributed by atoms with E-state index in [9.17, 15) is 19.1 Å². The van der Waals surface area contributed by atoms with Crippen molar-refractivity contribution in [3.8, 4) is 5.75 Å². The van der Waals surface area contributed by atoms with Gasteiger partial charge in [0.05, 0.1) is 11.1 Å². The van der Waals surface area contributed by atoms with Crippen molar-refractivity contribution in [1.82, 2.24) is 10.9 Å². The van der Waals surface area contributed by atoms with Gasteiger partial charge in [-0.05, 0) is 36.4 Å². The molecule has 0 spiro atoms. The first-order valence-electron chi connectivity index (χ1n) is 5.92. The molecular formula is C14H9Cl2FN2O3. The molecule has 0 unspecified atom stereocenters. The number of rotatable bonds is 2. The van der Waals surface area contributed by atoms with Gasteiger partial charge in [0.15, 0.2) is 0 Å². The Labute approximate surface area is 134 Å². The number of benzene rings is 2. The van der Waals surface area contributed by atoms with Gasteiger partial charge in [-0.15, -0.1) is 0 Å². The predicted molar refractivity (Wildman–Crippen MR) is 79.5 cm³/mol. The summed E-state index contributed by atoms with van der Waals surface area (Å²) in [5, 5.41) is 9.93. The number of carbonyl (C=O) groups is 2. The molecule has 2 aromatic carbocycles. The van der Waals surface area contributed by atoms with E-state index in [-0.39, 0.29) is 26.9 Å².